The molecule has 66 valence electrons. The number of carboxylic acids is 1. The molecule has 11 heavy (non-hydrogen) atoms. The molecule has 0 heterocycles. The number of carbonyl (C=O) groups is 1. The maximum atomic E-state index is 10.4. The van der Waals surface area contributed by atoms with Crippen molar-refractivity contribution in [2.45, 2.75) is 23.7 Å². The molecule has 0 aromatic carbocycles. The summed E-state index contributed by atoms with van der Waals surface area (Å²) in [4.78, 5) is 9.91. The second kappa shape index (κ2) is 5.63. The van der Waals surface area contributed by atoms with Gasteiger partial charge in [-0.3, -0.25) is 4.79 Å². The summed E-state index contributed by atoms with van der Waals surface area (Å²) in [5.41, 5.74) is 0. The SMILES string of the molecule is CN[C@@H](CCC(Cl)Cl)C(=O)O. The van der Waals surface area contributed by atoms with Crippen LogP contribution in [0.3, 0.4) is 0 Å². The maximum Gasteiger partial charge on any atom is 0.320 e. The molecule has 0 saturated carbocycles. The Labute approximate surface area is 75.7 Å². The highest BCUT2D eigenvalue weighted by atomic mass is 35.5. The van der Waals surface area contributed by atoms with Crippen LogP contribution in [0.4, 0.5) is 0 Å². The van der Waals surface area contributed by atoms with Gasteiger partial charge in [-0.1, -0.05) is 0 Å². The summed E-state index contributed by atoms with van der Waals surface area (Å²) in [7, 11) is 1.59. The van der Waals surface area contributed by atoms with Crippen LogP contribution in [-0.4, -0.2) is 29.0 Å². The Kier molecular flexibility index (Phi) is 5.64. The Morgan fingerprint density at radius 2 is 2.09 bits per heavy atom. The van der Waals surface area contributed by atoms with E-state index in [1.807, 2.05) is 0 Å². The minimum absolute atomic E-state index is 0.448. The minimum atomic E-state index is -0.874. The minimum Gasteiger partial charge on any atom is -0.480 e. The van der Waals surface area contributed by atoms with Crippen LogP contribution in [0, 0.1) is 0 Å². The standard InChI is InChI=1S/C6H11Cl2NO2/c1-9-4(6(10)11)2-3-5(7)8/h4-5,9H,2-3H2,1H3,(H,10,11)/t4-/m0/s1. The van der Waals surface area contributed by atoms with Crippen molar-refractivity contribution < 1.29 is 9.90 Å². The number of aliphatic carboxylic acids is 1. The maximum absolute atomic E-state index is 10.4. The number of rotatable bonds is 5. The third-order valence-corrected chi connectivity index (χ3v) is 1.76. The zero-order valence-corrected chi connectivity index (χ0v) is 7.69. The number of likely N-dealkylation sites (N-methyl/N-ethyl adjacent to an activating group) is 1. The molecule has 0 aromatic rings. The van der Waals surface area contributed by atoms with Crippen LogP contribution in [0.5, 0.6) is 0 Å². The van der Waals surface area contributed by atoms with Crippen molar-refractivity contribution in [1.82, 2.24) is 5.32 Å². The summed E-state index contributed by atoms with van der Waals surface area (Å²) in [5, 5.41) is 11.2. The molecular weight excluding hydrogens is 189 g/mol. The molecule has 0 radical (unpaired) electrons. The van der Waals surface area contributed by atoms with E-state index in [2.05, 4.69) is 5.32 Å². The summed E-state index contributed by atoms with van der Waals surface area (Å²) in [5.74, 6) is -0.874. The average Bonchev–Trinajstić information content (AvgIpc) is 1.87. The number of hydrogen-bond donors (Lipinski definition) is 2. The third kappa shape index (κ3) is 5.30. The molecule has 0 aliphatic carbocycles. The van der Waals surface area contributed by atoms with E-state index in [1.54, 1.807) is 7.05 Å². The first-order valence-electron chi connectivity index (χ1n) is 3.26. The van der Waals surface area contributed by atoms with Gasteiger partial charge in [0.2, 0.25) is 0 Å². The first-order valence-corrected chi connectivity index (χ1v) is 4.13. The average molecular weight is 200 g/mol. The smallest absolute Gasteiger partial charge is 0.320 e. The van der Waals surface area contributed by atoms with Gasteiger partial charge < -0.3 is 10.4 Å². The lowest BCUT2D eigenvalue weighted by atomic mass is 10.2. The predicted octanol–water partition coefficient (Wildman–Crippen LogP) is 1.24. The van der Waals surface area contributed by atoms with Crippen molar-refractivity contribution in [1.29, 1.82) is 0 Å². The molecule has 5 heteroatoms. The summed E-state index contributed by atoms with van der Waals surface area (Å²) in [6.07, 6.45) is 0.935. The zero-order valence-electron chi connectivity index (χ0n) is 6.18. The molecule has 0 spiro atoms. The Bertz CT molecular complexity index is 130. The van der Waals surface area contributed by atoms with Crippen LogP contribution < -0.4 is 5.32 Å². The summed E-state index contributed by atoms with van der Waals surface area (Å²) in [6.45, 7) is 0. The fraction of sp³-hybridized carbons (Fsp3) is 0.833. The highest BCUT2D eigenvalue weighted by molar-refractivity contribution is 6.44. The fourth-order valence-corrected chi connectivity index (χ4v) is 0.936. The van der Waals surface area contributed by atoms with E-state index in [1.165, 1.54) is 0 Å². The lowest BCUT2D eigenvalue weighted by Gasteiger charge is -2.10. The van der Waals surface area contributed by atoms with Crippen molar-refractivity contribution in [3.63, 3.8) is 0 Å². The van der Waals surface area contributed by atoms with Gasteiger partial charge in [-0.25, -0.2) is 0 Å². The molecule has 2 N–H and O–H groups in total. The van der Waals surface area contributed by atoms with Crippen LogP contribution in [0.1, 0.15) is 12.8 Å². The van der Waals surface area contributed by atoms with Crippen LogP contribution in [0.25, 0.3) is 0 Å². The lowest BCUT2D eigenvalue weighted by Crippen LogP contribution is -2.33. The van der Waals surface area contributed by atoms with Gasteiger partial charge in [0.1, 0.15) is 10.9 Å². The number of hydrogen-bond acceptors (Lipinski definition) is 2. The topological polar surface area (TPSA) is 49.3 Å². The number of halogens is 2. The van der Waals surface area contributed by atoms with E-state index in [9.17, 15) is 4.79 Å². The van der Waals surface area contributed by atoms with Crippen LogP contribution in [0.2, 0.25) is 0 Å². The van der Waals surface area contributed by atoms with Gasteiger partial charge >= 0.3 is 5.97 Å². The quantitative estimate of drug-likeness (QED) is 0.656. The van der Waals surface area contributed by atoms with E-state index < -0.39 is 16.8 Å². The van der Waals surface area contributed by atoms with Gasteiger partial charge in [-0.2, -0.15) is 0 Å². The van der Waals surface area contributed by atoms with Gasteiger partial charge in [0.05, 0.1) is 0 Å². The van der Waals surface area contributed by atoms with Gasteiger partial charge in [0.15, 0.2) is 0 Å². The molecular formula is C6H11Cl2NO2. The molecule has 1 atom stereocenters. The Balaban J connectivity index is 3.61. The van der Waals surface area contributed by atoms with E-state index in [-0.39, 0.29) is 0 Å². The summed E-state index contributed by atoms with van der Waals surface area (Å²) in [6, 6.07) is -0.546. The van der Waals surface area contributed by atoms with Gasteiger partial charge in [-0.05, 0) is 19.9 Å². The highest BCUT2D eigenvalue weighted by Gasteiger charge is 2.15. The first kappa shape index (κ1) is 11.0. The molecule has 0 bridgehead atoms. The number of carboxylic acid groups (broad SMARTS) is 1. The molecule has 0 rings (SSSR count). The monoisotopic (exact) mass is 199 g/mol. The van der Waals surface area contributed by atoms with Crippen molar-refractivity contribution in [3.8, 4) is 0 Å². The van der Waals surface area contributed by atoms with Crippen molar-refractivity contribution in [2.75, 3.05) is 7.05 Å². The largest absolute Gasteiger partial charge is 0.480 e. The normalized spacial score (nSPS) is 13.5. The van der Waals surface area contributed by atoms with Crippen molar-refractivity contribution in [2.24, 2.45) is 0 Å². The van der Waals surface area contributed by atoms with Gasteiger partial charge in [0, 0.05) is 0 Å². The fourth-order valence-electron chi connectivity index (χ4n) is 0.684. The van der Waals surface area contributed by atoms with Crippen LogP contribution in [-0.2, 0) is 4.79 Å². The Hall–Kier alpha value is 0.01000. The van der Waals surface area contributed by atoms with Crippen LogP contribution in [0.15, 0.2) is 0 Å². The number of nitrogens with one attached hydrogen (secondary N) is 1. The third-order valence-electron chi connectivity index (χ3n) is 1.32. The van der Waals surface area contributed by atoms with E-state index in [0.29, 0.717) is 12.8 Å². The number of alkyl halides is 2. The van der Waals surface area contributed by atoms with Gasteiger partial charge in [0.25, 0.3) is 0 Å². The summed E-state index contributed by atoms with van der Waals surface area (Å²) >= 11 is 10.9. The summed E-state index contributed by atoms with van der Waals surface area (Å²) < 4.78 is 0. The molecule has 0 aliphatic heterocycles. The van der Waals surface area contributed by atoms with Gasteiger partial charge in [-0.15, -0.1) is 23.2 Å². The first-order chi connectivity index (χ1) is 5.07. The van der Waals surface area contributed by atoms with Crippen LogP contribution >= 0.6 is 23.2 Å². The highest BCUT2D eigenvalue weighted by Crippen LogP contribution is 2.11. The van der Waals surface area contributed by atoms with Crippen molar-refractivity contribution >= 4 is 29.2 Å². The zero-order chi connectivity index (χ0) is 8.85. The Morgan fingerprint density at radius 1 is 1.55 bits per heavy atom. The molecule has 3 nitrogen and oxygen atoms in total. The molecule has 0 saturated heterocycles. The lowest BCUT2D eigenvalue weighted by molar-refractivity contribution is -0.139. The predicted molar refractivity (Wildman–Crippen MR) is 45.2 cm³/mol. The molecule has 0 fully saturated rings. The molecule has 0 aliphatic rings. The molecule has 0 unspecified atom stereocenters. The molecule has 0 aromatic heterocycles. The Morgan fingerprint density at radius 3 is 2.36 bits per heavy atom. The van der Waals surface area contributed by atoms with E-state index in [4.69, 9.17) is 28.3 Å². The van der Waals surface area contributed by atoms with Crippen molar-refractivity contribution in [3.05, 3.63) is 0 Å². The second-order valence-electron chi connectivity index (χ2n) is 2.15. The molecule has 0 amide bonds. The van der Waals surface area contributed by atoms with E-state index in [0.717, 1.165) is 0 Å². The second-order valence-corrected chi connectivity index (χ2v) is 3.42. The van der Waals surface area contributed by atoms with E-state index >= 15 is 0 Å².